The van der Waals surface area contributed by atoms with Crippen LogP contribution in [0.3, 0.4) is 0 Å². The third kappa shape index (κ3) is 2.97. The van der Waals surface area contributed by atoms with Gasteiger partial charge in [0.05, 0.1) is 5.51 Å². The maximum atomic E-state index is 4.08. The molecule has 1 fully saturated rings. The highest BCUT2D eigenvalue weighted by Gasteiger charge is 2.13. The molecule has 1 aromatic rings. The molecular weight excluding hydrogens is 200 g/mol. The van der Waals surface area contributed by atoms with Gasteiger partial charge in [-0.2, -0.15) is 11.8 Å². The molecule has 1 aliphatic rings. The first-order valence-electron chi connectivity index (χ1n) is 4.65. The summed E-state index contributed by atoms with van der Waals surface area (Å²) < 4.78 is 0. The van der Waals surface area contributed by atoms with Gasteiger partial charge in [0.2, 0.25) is 0 Å². The number of piperidine rings is 1. The standard InChI is InChI=1S/C9H14N2S2/c1-3-10-4-2-8(1)12-6-9-5-11-7-13-9/h5,7-8,10H,1-4,6H2. The van der Waals surface area contributed by atoms with E-state index in [0.717, 1.165) is 11.0 Å². The number of hydrogen-bond donors (Lipinski definition) is 1. The van der Waals surface area contributed by atoms with Gasteiger partial charge < -0.3 is 5.32 Å². The minimum Gasteiger partial charge on any atom is -0.317 e. The molecule has 1 saturated heterocycles. The Morgan fingerprint density at radius 1 is 1.54 bits per heavy atom. The molecule has 72 valence electrons. The van der Waals surface area contributed by atoms with E-state index in [9.17, 15) is 0 Å². The first-order chi connectivity index (χ1) is 6.45. The van der Waals surface area contributed by atoms with Crippen molar-refractivity contribution in [3.63, 3.8) is 0 Å². The summed E-state index contributed by atoms with van der Waals surface area (Å²) in [6.07, 6.45) is 4.63. The Kier molecular flexibility index (Phi) is 3.64. The second-order valence-corrected chi connectivity index (χ2v) is 5.49. The van der Waals surface area contributed by atoms with E-state index in [1.807, 2.05) is 11.7 Å². The molecule has 13 heavy (non-hydrogen) atoms. The van der Waals surface area contributed by atoms with Crippen LogP contribution in [0.2, 0.25) is 0 Å². The lowest BCUT2D eigenvalue weighted by molar-refractivity contribution is 0.531. The Morgan fingerprint density at radius 3 is 3.08 bits per heavy atom. The highest BCUT2D eigenvalue weighted by atomic mass is 32.2. The normalized spacial score (nSPS) is 19.1. The number of thiazole rings is 1. The second-order valence-electron chi connectivity index (χ2n) is 3.23. The van der Waals surface area contributed by atoms with E-state index in [4.69, 9.17) is 0 Å². The molecule has 2 heterocycles. The lowest BCUT2D eigenvalue weighted by Gasteiger charge is -2.21. The average Bonchev–Trinajstić information content (AvgIpc) is 2.69. The molecule has 2 rings (SSSR count). The summed E-state index contributed by atoms with van der Waals surface area (Å²) in [5, 5.41) is 4.25. The number of thioether (sulfide) groups is 1. The SMILES string of the molecule is c1ncc(CSC2CCNCC2)s1. The quantitative estimate of drug-likeness (QED) is 0.834. The van der Waals surface area contributed by atoms with Gasteiger partial charge in [-0.1, -0.05) is 0 Å². The number of aromatic nitrogens is 1. The van der Waals surface area contributed by atoms with Crippen molar-refractivity contribution in [2.24, 2.45) is 0 Å². The molecule has 0 aromatic carbocycles. The van der Waals surface area contributed by atoms with E-state index >= 15 is 0 Å². The third-order valence-electron chi connectivity index (χ3n) is 2.23. The predicted molar refractivity (Wildman–Crippen MR) is 59.3 cm³/mol. The number of hydrogen-bond acceptors (Lipinski definition) is 4. The number of rotatable bonds is 3. The van der Waals surface area contributed by atoms with Crippen molar-refractivity contribution in [1.29, 1.82) is 0 Å². The van der Waals surface area contributed by atoms with Crippen molar-refractivity contribution >= 4 is 23.1 Å². The number of nitrogens with one attached hydrogen (secondary N) is 1. The minimum absolute atomic E-state index is 0.864. The molecular formula is C9H14N2S2. The Morgan fingerprint density at radius 2 is 2.38 bits per heavy atom. The second kappa shape index (κ2) is 4.98. The Labute approximate surface area is 87.1 Å². The van der Waals surface area contributed by atoms with Crippen LogP contribution in [0.15, 0.2) is 11.7 Å². The average molecular weight is 214 g/mol. The van der Waals surface area contributed by atoms with Crippen molar-refractivity contribution in [3.05, 3.63) is 16.6 Å². The van der Waals surface area contributed by atoms with Gasteiger partial charge in [0.1, 0.15) is 0 Å². The summed E-state index contributed by atoms with van der Waals surface area (Å²) in [6.45, 7) is 2.39. The van der Waals surface area contributed by atoms with E-state index in [-0.39, 0.29) is 0 Å². The summed E-state index contributed by atoms with van der Waals surface area (Å²) in [7, 11) is 0. The van der Waals surface area contributed by atoms with Crippen molar-refractivity contribution in [2.75, 3.05) is 13.1 Å². The minimum atomic E-state index is 0.864. The van der Waals surface area contributed by atoms with Gasteiger partial charge in [0.15, 0.2) is 0 Å². The summed E-state index contributed by atoms with van der Waals surface area (Å²) >= 11 is 3.85. The fourth-order valence-electron chi connectivity index (χ4n) is 1.48. The van der Waals surface area contributed by atoms with Gasteiger partial charge in [-0.05, 0) is 25.9 Å². The van der Waals surface area contributed by atoms with Crippen molar-refractivity contribution in [3.8, 4) is 0 Å². The van der Waals surface area contributed by atoms with Crippen LogP contribution in [0.1, 0.15) is 17.7 Å². The van der Waals surface area contributed by atoms with Crippen LogP contribution in [-0.2, 0) is 5.75 Å². The first kappa shape index (κ1) is 9.49. The predicted octanol–water partition coefficient (Wildman–Crippen LogP) is 2.13. The maximum Gasteiger partial charge on any atom is 0.0794 e. The lowest BCUT2D eigenvalue weighted by Crippen LogP contribution is -2.29. The molecule has 1 aliphatic heterocycles. The smallest absolute Gasteiger partial charge is 0.0794 e. The van der Waals surface area contributed by atoms with Crippen molar-refractivity contribution in [1.82, 2.24) is 10.3 Å². The molecule has 4 heteroatoms. The van der Waals surface area contributed by atoms with Crippen molar-refractivity contribution in [2.45, 2.75) is 23.8 Å². The molecule has 0 amide bonds. The van der Waals surface area contributed by atoms with Crippen LogP contribution in [0.25, 0.3) is 0 Å². The van der Waals surface area contributed by atoms with Crippen LogP contribution < -0.4 is 5.32 Å². The molecule has 0 atom stereocenters. The molecule has 1 N–H and O–H groups in total. The Bertz CT molecular complexity index is 230. The number of nitrogens with zero attached hydrogens (tertiary/aromatic N) is 1. The monoisotopic (exact) mass is 214 g/mol. The topological polar surface area (TPSA) is 24.9 Å². The Hall–Kier alpha value is -0.0600. The molecule has 0 unspecified atom stereocenters. The molecule has 0 bridgehead atoms. The first-order valence-corrected chi connectivity index (χ1v) is 6.57. The van der Waals surface area contributed by atoms with E-state index in [2.05, 4.69) is 22.1 Å². The van der Waals surface area contributed by atoms with Gasteiger partial charge in [0, 0.05) is 22.1 Å². The van der Waals surface area contributed by atoms with Crippen molar-refractivity contribution < 1.29 is 0 Å². The largest absolute Gasteiger partial charge is 0.317 e. The van der Waals surface area contributed by atoms with Gasteiger partial charge >= 0.3 is 0 Å². The van der Waals surface area contributed by atoms with E-state index in [0.29, 0.717) is 0 Å². The molecule has 0 radical (unpaired) electrons. The zero-order chi connectivity index (χ0) is 8.93. The van der Waals surface area contributed by atoms with Gasteiger partial charge in [0.25, 0.3) is 0 Å². The van der Waals surface area contributed by atoms with Gasteiger partial charge in [-0.3, -0.25) is 4.98 Å². The molecule has 2 nitrogen and oxygen atoms in total. The Balaban J connectivity index is 1.72. The molecule has 0 aliphatic carbocycles. The van der Waals surface area contributed by atoms with Crippen LogP contribution in [0, 0.1) is 0 Å². The van der Waals surface area contributed by atoms with Gasteiger partial charge in [-0.15, -0.1) is 11.3 Å². The highest BCUT2D eigenvalue weighted by Crippen LogP contribution is 2.25. The van der Waals surface area contributed by atoms with Crippen LogP contribution in [-0.4, -0.2) is 23.3 Å². The maximum absolute atomic E-state index is 4.08. The van der Waals surface area contributed by atoms with Crippen LogP contribution in [0.5, 0.6) is 0 Å². The van der Waals surface area contributed by atoms with Crippen LogP contribution in [0.4, 0.5) is 0 Å². The highest BCUT2D eigenvalue weighted by molar-refractivity contribution is 7.99. The zero-order valence-corrected chi connectivity index (χ0v) is 9.16. The van der Waals surface area contributed by atoms with Gasteiger partial charge in [-0.25, -0.2) is 0 Å². The molecule has 0 saturated carbocycles. The molecule has 0 spiro atoms. The van der Waals surface area contributed by atoms with E-state index < -0.39 is 0 Å². The zero-order valence-electron chi connectivity index (χ0n) is 7.53. The summed E-state index contributed by atoms with van der Waals surface area (Å²) in [4.78, 5) is 5.48. The fourth-order valence-corrected chi connectivity index (χ4v) is 3.37. The van der Waals surface area contributed by atoms with E-state index in [1.165, 1.54) is 30.8 Å². The van der Waals surface area contributed by atoms with E-state index in [1.54, 1.807) is 11.3 Å². The molecule has 1 aromatic heterocycles. The fraction of sp³-hybridized carbons (Fsp3) is 0.667. The third-order valence-corrected chi connectivity index (χ3v) is 4.61. The summed E-state index contributed by atoms with van der Waals surface area (Å²) in [5.41, 5.74) is 1.91. The lowest BCUT2D eigenvalue weighted by atomic mass is 10.2. The summed E-state index contributed by atoms with van der Waals surface area (Å²) in [6, 6.07) is 0. The summed E-state index contributed by atoms with van der Waals surface area (Å²) in [5.74, 6) is 1.15. The van der Waals surface area contributed by atoms with Crippen LogP contribution >= 0.6 is 23.1 Å².